The zero-order valence-electron chi connectivity index (χ0n) is 16.0. The minimum atomic E-state index is -0.492. The lowest BCUT2D eigenvalue weighted by Crippen LogP contribution is -2.21. The summed E-state index contributed by atoms with van der Waals surface area (Å²) in [6, 6.07) is 14.6. The van der Waals surface area contributed by atoms with E-state index >= 15 is 0 Å². The van der Waals surface area contributed by atoms with Gasteiger partial charge in [0.15, 0.2) is 6.61 Å². The molecule has 150 valence electrons. The summed E-state index contributed by atoms with van der Waals surface area (Å²) in [6.45, 7) is 3.71. The number of para-hydroxylation sites is 1. The molecule has 0 saturated heterocycles. The van der Waals surface area contributed by atoms with Crippen LogP contribution in [0.15, 0.2) is 53.9 Å². The van der Waals surface area contributed by atoms with Crippen LogP contribution in [-0.2, 0) is 9.53 Å². The van der Waals surface area contributed by atoms with E-state index < -0.39 is 5.97 Å². The first-order valence-electron chi connectivity index (χ1n) is 9.02. The Morgan fingerprint density at radius 1 is 1.10 bits per heavy atom. The number of ether oxygens (including phenoxy) is 2. The third-order valence-corrected chi connectivity index (χ3v) is 5.28. The van der Waals surface area contributed by atoms with Gasteiger partial charge in [0.2, 0.25) is 0 Å². The predicted molar refractivity (Wildman–Crippen MR) is 116 cm³/mol. The molecule has 1 aromatic heterocycles. The molecule has 0 aliphatic carbocycles. The van der Waals surface area contributed by atoms with Crippen molar-refractivity contribution in [1.29, 1.82) is 0 Å². The smallest absolute Gasteiger partial charge is 0.341 e. The lowest BCUT2D eigenvalue weighted by atomic mass is 10.0. The van der Waals surface area contributed by atoms with Crippen molar-refractivity contribution in [2.45, 2.75) is 13.8 Å². The van der Waals surface area contributed by atoms with Crippen molar-refractivity contribution in [1.82, 2.24) is 0 Å². The van der Waals surface area contributed by atoms with Gasteiger partial charge in [-0.25, -0.2) is 4.79 Å². The van der Waals surface area contributed by atoms with Crippen molar-refractivity contribution in [3.05, 3.63) is 70.1 Å². The van der Waals surface area contributed by atoms with Crippen LogP contribution in [0.25, 0.3) is 11.1 Å². The summed E-state index contributed by atoms with van der Waals surface area (Å²) in [7, 11) is 0. The van der Waals surface area contributed by atoms with Gasteiger partial charge < -0.3 is 14.8 Å². The highest BCUT2D eigenvalue weighted by molar-refractivity contribution is 7.15. The summed E-state index contributed by atoms with van der Waals surface area (Å²) in [5, 5.41) is 5.61. The summed E-state index contributed by atoms with van der Waals surface area (Å²) < 4.78 is 10.8. The molecule has 0 spiro atoms. The van der Waals surface area contributed by atoms with Crippen molar-refractivity contribution in [3.8, 4) is 16.9 Å². The van der Waals surface area contributed by atoms with E-state index in [4.69, 9.17) is 21.1 Å². The number of rotatable bonds is 7. The number of thiophene rings is 1. The average molecular weight is 430 g/mol. The highest BCUT2D eigenvalue weighted by Gasteiger charge is 2.23. The van der Waals surface area contributed by atoms with E-state index in [1.54, 1.807) is 25.1 Å². The van der Waals surface area contributed by atoms with Crippen molar-refractivity contribution >= 4 is 39.8 Å². The lowest BCUT2D eigenvalue weighted by Gasteiger charge is -2.10. The number of aryl methyl sites for hydroxylation is 1. The maximum absolute atomic E-state index is 12.6. The van der Waals surface area contributed by atoms with Gasteiger partial charge in [-0.3, -0.25) is 4.79 Å². The van der Waals surface area contributed by atoms with Crippen LogP contribution in [0.2, 0.25) is 5.02 Å². The molecule has 5 nitrogen and oxygen atoms in total. The predicted octanol–water partition coefficient (Wildman–Crippen LogP) is 5.57. The van der Waals surface area contributed by atoms with Crippen LogP contribution in [0.4, 0.5) is 5.00 Å². The maximum Gasteiger partial charge on any atom is 0.341 e. The second-order valence-electron chi connectivity index (χ2n) is 6.18. The van der Waals surface area contributed by atoms with Crippen LogP contribution in [0.1, 0.15) is 22.8 Å². The van der Waals surface area contributed by atoms with Crippen LogP contribution in [0.3, 0.4) is 0 Å². The number of nitrogens with one attached hydrogen (secondary N) is 1. The van der Waals surface area contributed by atoms with Gasteiger partial charge in [0.05, 0.1) is 6.61 Å². The fourth-order valence-electron chi connectivity index (χ4n) is 2.72. The van der Waals surface area contributed by atoms with E-state index in [2.05, 4.69) is 5.32 Å². The quantitative estimate of drug-likeness (QED) is 0.498. The fraction of sp³-hybridized carbons (Fsp3) is 0.182. The molecule has 2 aromatic carbocycles. The first-order valence-corrected chi connectivity index (χ1v) is 10.3. The molecular formula is C22H20ClNO4S. The Morgan fingerprint density at radius 2 is 1.83 bits per heavy atom. The SMILES string of the molecule is CCOC(=O)c1c(-c2ccc(Cl)cc2)csc1NC(=O)COc1ccccc1C. The van der Waals surface area contributed by atoms with Crippen molar-refractivity contribution in [2.75, 3.05) is 18.5 Å². The van der Waals surface area contributed by atoms with Gasteiger partial charge in [-0.05, 0) is 43.2 Å². The number of hydrogen-bond donors (Lipinski definition) is 1. The van der Waals surface area contributed by atoms with Crippen LogP contribution in [-0.4, -0.2) is 25.1 Å². The normalized spacial score (nSPS) is 10.4. The Morgan fingerprint density at radius 3 is 2.52 bits per heavy atom. The largest absolute Gasteiger partial charge is 0.483 e. The number of halogens is 1. The molecule has 1 amide bonds. The van der Waals surface area contributed by atoms with Crippen molar-refractivity contribution in [3.63, 3.8) is 0 Å². The number of amides is 1. The topological polar surface area (TPSA) is 64.6 Å². The number of carbonyl (C=O) groups is 2. The van der Waals surface area contributed by atoms with E-state index in [1.165, 1.54) is 11.3 Å². The van der Waals surface area contributed by atoms with Gasteiger partial charge in [0.25, 0.3) is 5.91 Å². The highest BCUT2D eigenvalue weighted by Crippen LogP contribution is 2.36. The van der Waals surface area contributed by atoms with E-state index in [0.29, 0.717) is 26.9 Å². The van der Waals surface area contributed by atoms with Crippen LogP contribution >= 0.6 is 22.9 Å². The summed E-state index contributed by atoms with van der Waals surface area (Å²) in [5.41, 5.74) is 2.75. The fourth-order valence-corrected chi connectivity index (χ4v) is 3.82. The minimum Gasteiger partial charge on any atom is -0.483 e. The molecule has 7 heteroatoms. The molecule has 0 unspecified atom stereocenters. The molecule has 0 aliphatic rings. The maximum atomic E-state index is 12.6. The van der Waals surface area contributed by atoms with E-state index in [0.717, 1.165) is 11.1 Å². The molecule has 0 radical (unpaired) electrons. The second-order valence-corrected chi connectivity index (χ2v) is 7.50. The summed E-state index contributed by atoms with van der Waals surface area (Å²) in [5.74, 6) is -0.210. The molecule has 3 rings (SSSR count). The zero-order valence-corrected chi connectivity index (χ0v) is 17.6. The zero-order chi connectivity index (χ0) is 20.8. The Balaban J connectivity index is 1.81. The number of benzene rings is 2. The molecule has 3 aromatic rings. The van der Waals surface area contributed by atoms with Gasteiger partial charge in [-0.15, -0.1) is 11.3 Å². The number of anilines is 1. The summed E-state index contributed by atoms with van der Waals surface area (Å²) >= 11 is 7.22. The first kappa shape index (κ1) is 20.9. The van der Waals surface area contributed by atoms with Crippen molar-refractivity contribution < 1.29 is 19.1 Å². The van der Waals surface area contributed by atoms with Crippen LogP contribution in [0.5, 0.6) is 5.75 Å². The van der Waals surface area contributed by atoms with Gasteiger partial charge in [0, 0.05) is 16.0 Å². The number of carbonyl (C=O) groups excluding carboxylic acids is 2. The Bertz CT molecular complexity index is 1010. The first-order chi connectivity index (χ1) is 14.0. The Hall–Kier alpha value is -2.83. The standard InChI is InChI=1S/C22H20ClNO4S/c1-3-27-22(26)20-17(15-8-10-16(23)11-9-15)13-29-21(20)24-19(25)12-28-18-7-5-4-6-14(18)2/h4-11,13H,3,12H2,1-2H3,(H,24,25). The molecule has 0 aliphatic heterocycles. The molecule has 0 atom stereocenters. The lowest BCUT2D eigenvalue weighted by molar-refractivity contribution is -0.118. The van der Waals surface area contributed by atoms with Gasteiger partial charge in [-0.1, -0.05) is 41.9 Å². The third-order valence-electron chi connectivity index (χ3n) is 4.13. The summed E-state index contributed by atoms with van der Waals surface area (Å²) in [4.78, 5) is 25.0. The highest BCUT2D eigenvalue weighted by atomic mass is 35.5. The molecule has 0 saturated carbocycles. The minimum absolute atomic E-state index is 0.165. The second kappa shape index (κ2) is 9.58. The Kier molecular flexibility index (Phi) is 6.90. The van der Waals surface area contributed by atoms with E-state index in [-0.39, 0.29) is 19.1 Å². The molecular weight excluding hydrogens is 410 g/mol. The number of hydrogen-bond acceptors (Lipinski definition) is 5. The Labute approximate surface area is 178 Å². The molecule has 1 heterocycles. The average Bonchev–Trinajstić information content (AvgIpc) is 3.11. The molecule has 0 fully saturated rings. The summed E-state index contributed by atoms with van der Waals surface area (Å²) in [6.07, 6.45) is 0. The molecule has 29 heavy (non-hydrogen) atoms. The molecule has 0 bridgehead atoms. The van der Waals surface area contributed by atoms with Gasteiger partial charge >= 0.3 is 5.97 Å². The van der Waals surface area contributed by atoms with E-state index in [1.807, 2.05) is 42.6 Å². The third kappa shape index (κ3) is 5.16. The molecule has 1 N–H and O–H groups in total. The van der Waals surface area contributed by atoms with E-state index in [9.17, 15) is 9.59 Å². The van der Waals surface area contributed by atoms with Crippen molar-refractivity contribution in [2.24, 2.45) is 0 Å². The monoisotopic (exact) mass is 429 g/mol. The van der Waals surface area contributed by atoms with Gasteiger partial charge in [0.1, 0.15) is 16.3 Å². The number of esters is 1. The van der Waals surface area contributed by atoms with Crippen LogP contribution < -0.4 is 10.1 Å². The van der Waals surface area contributed by atoms with Crippen LogP contribution in [0, 0.1) is 6.92 Å². The van der Waals surface area contributed by atoms with Gasteiger partial charge in [-0.2, -0.15) is 0 Å².